The molecule has 0 spiro atoms. The van der Waals surface area contributed by atoms with Gasteiger partial charge in [0.1, 0.15) is 17.2 Å². The molecule has 0 fully saturated rings. The third kappa shape index (κ3) is 15.0. The molecule has 0 heterocycles. The summed E-state index contributed by atoms with van der Waals surface area (Å²) in [7, 11) is -5.55. The van der Waals surface area contributed by atoms with E-state index >= 15 is 198 Å². The fourth-order valence-electron chi connectivity index (χ4n) is 14.9. The highest BCUT2D eigenvalue weighted by molar-refractivity contribution is 6.40. The summed E-state index contributed by atoms with van der Waals surface area (Å²) < 4.78 is 773. The van der Waals surface area contributed by atoms with Gasteiger partial charge in [0.15, 0.2) is 209 Å². The van der Waals surface area contributed by atoms with Gasteiger partial charge in [-0.15, -0.1) is 0 Å². The van der Waals surface area contributed by atoms with Crippen LogP contribution in [0.15, 0.2) is 109 Å². The van der Waals surface area contributed by atoms with Crippen molar-refractivity contribution in [2.75, 3.05) is 0 Å². The van der Waals surface area contributed by atoms with Crippen molar-refractivity contribution in [2.24, 2.45) is 0 Å². The zero-order valence-electron chi connectivity index (χ0n) is 65.2. The van der Waals surface area contributed by atoms with Crippen LogP contribution in [0.5, 0.6) is 17.2 Å². The van der Waals surface area contributed by atoms with Crippen LogP contribution in [0.25, 0.3) is 134 Å². The SMILES string of the molecule is Fc1c(F)c(F)c(-c2cc(OB(Oc3cc(-c4c(F)c(F)c(F)c(F)c4F)c(-c4ccccc4)c(-c4c(F)c(F)c(F)c(F)c4F)c3-c3c(F)c(F)c(F)c(F)c3F)Oc3cc(-c4c(F)c(F)c(F)c(F)c4F)c(-c4ccccc4)c(-c4c(F)c(F)c(F)c(F)c4F)c3-c3c(F)c(F)c(F)c(F)c3F)c(-c3c(F)c(F)c(F)c(F)c3F)c(-c3c(F)c(F)c(F)c(F)c3F)c2-c2ccccc2)c(F)c1F. The Hall–Kier alpha value is -15.4. The van der Waals surface area contributed by atoms with Crippen LogP contribution >= 0.6 is 0 Å². The molecule has 15 aromatic rings. The summed E-state index contributed by atoms with van der Waals surface area (Å²) in [5, 5.41) is 0. The van der Waals surface area contributed by atoms with Crippen LogP contribution < -0.4 is 14.0 Å². The summed E-state index contributed by atoms with van der Waals surface area (Å²) in [6.45, 7) is 0. The first-order valence-corrected chi connectivity index (χ1v) is 36.8. The smallest absolute Gasteiger partial charge is 0.489 e. The molecule has 714 valence electrons. The molecule has 0 aliphatic rings. The van der Waals surface area contributed by atoms with Gasteiger partial charge in [-0.05, 0) is 68.3 Å². The zero-order valence-corrected chi connectivity index (χ0v) is 65.2. The van der Waals surface area contributed by atoms with E-state index in [2.05, 4.69) is 0 Å². The van der Waals surface area contributed by atoms with Gasteiger partial charge < -0.3 is 14.0 Å². The van der Waals surface area contributed by atoms with E-state index in [1.165, 1.54) is 0 Å². The van der Waals surface area contributed by atoms with Crippen LogP contribution in [0, 0.1) is 262 Å². The molecule has 0 amide bonds. The first-order valence-electron chi connectivity index (χ1n) is 36.8. The Morgan fingerprint density at radius 1 is 0.115 bits per heavy atom. The average Bonchev–Trinajstić information content (AvgIpc) is 0.717. The van der Waals surface area contributed by atoms with E-state index in [4.69, 9.17) is 14.0 Å². The summed E-state index contributed by atoms with van der Waals surface area (Å²) in [5.41, 5.74) is -68.6. The van der Waals surface area contributed by atoms with Gasteiger partial charge in [-0.3, -0.25) is 0 Å². The maximum Gasteiger partial charge on any atom is 0.864 e. The highest BCUT2D eigenvalue weighted by Crippen LogP contribution is 2.61. The third-order valence-corrected chi connectivity index (χ3v) is 20.9. The molecule has 0 unspecified atom stereocenters. The van der Waals surface area contributed by atoms with E-state index in [1.54, 1.807) is 0 Å². The second kappa shape index (κ2) is 35.9. The second-order valence-electron chi connectivity index (χ2n) is 28.4. The van der Waals surface area contributed by atoms with E-state index in [0.717, 1.165) is 0 Å². The van der Waals surface area contributed by atoms with Gasteiger partial charge in [0, 0.05) is 33.4 Å². The van der Waals surface area contributed by atoms with Crippen molar-refractivity contribution in [3.05, 3.63) is 371 Å². The molecule has 0 atom stereocenters. The largest absolute Gasteiger partial charge is 0.864 e. The summed E-state index contributed by atoms with van der Waals surface area (Å²) >= 11 is 0. The number of benzene rings is 15. The molecule has 15 rings (SSSR count). The maximum atomic E-state index is 17.9. The molecule has 139 heavy (non-hydrogen) atoms. The van der Waals surface area contributed by atoms with Gasteiger partial charge in [0.25, 0.3) is 0 Å². The minimum Gasteiger partial charge on any atom is -0.489 e. The highest BCUT2D eigenvalue weighted by atomic mass is 19.2. The van der Waals surface area contributed by atoms with E-state index in [-0.39, 0.29) is 36.4 Å². The number of hydrogen-bond donors (Lipinski definition) is 0. The standard InChI is InChI=1S/C90H18BF45O3/c92-46-31(47(93)65(111)82(128)64(46)110)22-16-25(34(40-52(98)70(116)85(131)71(117)53(40)99)37(28(22)19-10-4-1-5-11-19)43-58(104)76(122)88(134)77(123)59(43)105)137-91(138-26-17-23(32-48(94)66(112)83(129)67(113)49(32)95)29(20-12-6-2-7-13-20)38(44-60(106)78(124)89(135)79(125)61(44)107)35(26)41-54(100)72(118)86(132)73(119)55(41)101)139-27-18-24(33-50(96)68(114)84(130)69(115)51(33)97)30(21-14-8-3-9-15-21)39(45-62(108)80(126)90(136)81(127)63(45)109)36(27)42-56(102)74(120)87(133)75(121)57(42)103/h1-18H. The van der Waals surface area contributed by atoms with Crippen molar-refractivity contribution < 1.29 is 212 Å². The lowest BCUT2D eigenvalue weighted by Crippen LogP contribution is -2.38. The van der Waals surface area contributed by atoms with E-state index < -0.39 is 438 Å². The maximum absolute atomic E-state index is 17.9. The van der Waals surface area contributed by atoms with Crippen molar-refractivity contribution in [3.8, 4) is 151 Å². The van der Waals surface area contributed by atoms with Crippen molar-refractivity contribution >= 4 is 7.32 Å². The van der Waals surface area contributed by atoms with Crippen LogP contribution in [-0.4, -0.2) is 7.32 Å². The van der Waals surface area contributed by atoms with Gasteiger partial charge in [-0.25, -0.2) is 198 Å². The van der Waals surface area contributed by atoms with Crippen LogP contribution in [0.1, 0.15) is 0 Å². The number of rotatable bonds is 18. The minimum absolute atomic E-state index is 0.187. The first-order chi connectivity index (χ1) is 65.3. The molecule has 0 aliphatic carbocycles. The normalized spacial score (nSPS) is 11.6. The average molecular weight is 2010 g/mol. The summed E-state index contributed by atoms with van der Waals surface area (Å²) in [6, 6.07) is 2.79. The molecular weight excluding hydrogens is 1990 g/mol. The monoisotopic (exact) mass is 2010 g/mol. The molecule has 3 nitrogen and oxygen atoms in total. The third-order valence-electron chi connectivity index (χ3n) is 20.9. The molecule has 0 bridgehead atoms. The minimum atomic E-state index is -5.55. The van der Waals surface area contributed by atoms with Crippen LogP contribution in [0.2, 0.25) is 0 Å². The lowest BCUT2D eigenvalue weighted by Gasteiger charge is -2.29. The van der Waals surface area contributed by atoms with Gasteiger partial charge in [-0.2, -0.15) is 0 Å². The molecule has 0 saturated heterocycles. The molecule has 15 aromatic carbocycles. The Morgan fingerprint density at radius 2 is 0.230 bits per heavy atom. The predicted octanol–water partition coefficient (Wildman–Crippen LogP) is 30.5. The summed E-state index contributed by atoms with van der Waals surface area (Å²) in [6.07, 6.45) is 0. The Bertz CT molecular complexity index is 6910. The molecule has 49 heteroatoms. The van der Waals surface area contributed by atoms with E-state index in [1.807, 2.05) is 0 Å². The number of halogens is 45. The Kier molecular flexibility index (Phi) is 25.4. The fraction of sp³-hybridized carbons (Fsp3) is 0. The molecule has 0 aromatic heterocycles. The van der Waals surface area contributed by atoms with E-state index in [0.29, 0.717) is 54.6 Å². The fourth-order valence-corrected chi connectivity index (χ4v) is 14.9. The zero-order chi connectivity index (χ0) is 102. The van der Waals surface area contributed by atoms with Crippen LogP contribution in [0.3, 0.4) is 0 Å². The predicted molar refractivity (Wildman–Crippen MR) is 390 cm³/mol. The molecule has 0 saturated carbocycles. The summed E-state index contributed by atoms with van der Waals surface area (Å²) in [5.74, 6) is -173. The first kappa shape index (κ1) is 98.1. The molecule has 0 radical (unpaired) electrons. The van der Waals surface area contributed by atoms with E-state index in [9.17, 15) is 0 Å². The van der Waals surface area contributed by atoms with Gasteiger partial charge >= 0.3 is 7.32 Å². The number of hydrogen-bond acceptors (Lipinski definition) is 3. The molecular formula is C90H18BF45O3. The van der Waals surface area contributed by atoms with Gasteiger partial charge in [0.2, 0.25) is 52.4 Å². The Morgan fingerprint density at radius 3 is 0.367 bits per heavy atom. The molecule has 0 aliphatic heterocycles. The van der Waals surface area contributed by atoms with Gasteiger partial charge in [-0.1, -0.05) is 91.0 Å². The second-order valence-corrected chi connectivity index (χ2v) is 28.4. The summed E-state index contributed by atoms with van der Waals surface area (Å²) in [4.78, 5) is 0. The van der Waals surface area contributed by atoms with Crippen LogP contribution in [-0.2, 0) is 0 Å². The quantitative estimate of drug-likeness (QED) is 0.0371. The lowest BCUT2D eigenvalue weighted by molar-refractivity contribution is 0.308. The lowest BCUT2D eigenvalue weighted by atomic mass is 9.80. The van der Waals surface area contributed by atoms with Crippen molar-refractivity contribution in [3.63, 3.8) is 0 Å². The van der Waals surface area contributed by atoms with Gasteiger partial charge in [0.05, 0.1) is 50.1 Å². The van der Waals surface area contributed by atoms with Crippen molar-refractivity contribution in [1.82, 2.24) is 0 Å². The topological polar surface area (TPSA) is 27.7 Å². The van der Waals surface area contributed by atoms with Crippen molar-refractivity contribution in [2.45, 2.75) is 0 Å². The van der Waals surface area contributed by atoms with Crippen molar-refractivity contribution in [1.29, 1.82) is 0 Å². The Labute approximate surface area is 738 Å². The Balaban J connectivity index is 1.31. The highest BCUT2D eigenvalue weighted by Gasteiger charge is 2.49. The van der Waals surface area contributed by atoms with Crippen LogP contribution in [0.4, 0.5) is 198 Å². The molecule has 0 N–H and O–H groups in total.